The fraction of sp³-hybridized carbons (Fsp3) is 0.231. The molecular weight excluding hydrogens is 449 g/mol. The summed E-state index contributed by atoms with van der Waals surface area (Å²) in [5.41, 5.74) is 2.24. The third-order valence-electron chi connectivity index (χ3n) is 5.75. The molecule has 0 saturated heterocycles. The van der Waals surface area contributed by atoms with Crippen molar-refractivity contribution in [3.05, 3.63) is 84.2 Å². The normalized spacial score (nSPS) is 11.7. The summed E-state index contributed by atoms with van der Waals surface area (Å²) in [5.74, 6) is -0.528. The summed E-state index contributed by atoms with van der Waals surface area (Å²) in [4.78, 5) is 28.2. The molecule has 1 heterocycles. The zero-order valence-corrected chi connectivity index (χ0v) is 19.5. The molecule has 0 radical (unpaired) electrons. The quantitative estimate of drug-likeness (QED) is 0.395. The molecule has 0 fully saturated rings. The van der Waals surface area contributed by atoms with Gasteiger partial charge in [0.05, 0.1) is 12.6 Å². The largest absolute Gasteiger partial charge is 0.497 e. The van der Waals surface area contributed by atoms with Gasteiger partial charge in [-0.3, -0.25) is 9.59 Å². The molecule has 9 heteroatoms. The lowest BCUT2D eigenvalue weighted by molar-refractivity contribution is -0.140. The number of nitrogens with one attached hydrogen (secondary N) is 1. The summed E-state index contributed by atoms with van der Waals surface area (Å²) in [5, 5.41) is 11.0. The van der Waals surface area contributed by atoms with Gasteiger partial charge in [-0.1, -0.05) is 42.5 Å². The Labute approximate surface area is 202 Å². The summed E-state index contributed by atoms with van der Waals surface area (Å²) in [6.07, 6.45) is 0.334. The van der Waals surface area contributed by atoms with E-state index >= 15 is 0 Å². The average Bonchev–Trinajstić information content (AvgIpc) is 3.28. The van der Waals surface area contributed by atoms with Gasteiger partial charge in [-0.2, -0.15) is 0 Å². The van der Waals surface area contributed by atoms with Gasteiger partial charge < -0.3 is 15.0 Å². The van der Waals surface area contributed by atoms with Crippen LogP contribution in [0.2, 0.25) is 0 Å². The number of amides is 2. The van der Waals surface area contributed by atoms with Crippen molar-refractivity contribution in [1.29, 1.82) is 0 Å². The number of halogens is 1. The number of nitrogens with zero attached hydrogens (tertiary/aromatic N) is 4. The van der Waals surface area contributed by atoms with Crippen LogP contribution in [0.15, 0.2) is 72.8 Å². The predicted molar refractivity (Wildman–Crippen MR) is 130 cm³/mol. The molecule has 1 unspecified atom stereocenters. The number of methoxy groups -OCH3 is 1. The Bertz CT molecular complexity index is 1320. The molecule has 3 aromatic carbocycles. The van der Waals surface area contributed by atoms with Crippen LogP contribution in [0.4, 0.5) is 10.1 Å². The summed E-state index contributed by atoms with van der Waals surface area (Å²) < 4.78 is 21.2. The number of hydrogen-bond donors (Lipinski definition) is 1. The highest BCUT2D eigenvalue weighted by Crippen LogP contribution is 2.20. The lowest BCUT2D eigenvalue weighted by atomic mass is 10.1. The molecule has 180 valence electrons. The first-order chi connectivity index (χ1) is 17.0. The lowest BCUT2D eigenvalue weighted by Gasteiger charge is -2.30. The molecule has 4 rings (SSSR count). The first-order valence-corrected chi connectivity index (χ1v) is 11.3. The van der Waals surface area contributed by atoms with E-state index in [2.05, 4.69) is 15.6 Å². The van der Waals surface area contributed by atoms with Gasteiger partial charge in [-0.25, -0.2) is 9.07 Å². The molecule has 1 aromatic heterocycles. The summed E-state index contributed by atoms with van der Waals surface area (Å²) >= 11 is 0. The number of ether oxygens (including phenoxy) is 1. The van der Waals surface area contributed by atoms with Crippen LogP contribution in [0.5, 0.6) is 5.75 Å². The van der Waals surface area contributed by atoms with Crippen molar-refractivity contribution in [3.63, 3.8) is 0 Å². The molecule has 0 aliphatic heterocycles. The second kappa shape index (κ2) is 10.8. The highest BCUT2D eigenvalue weighted by Gasteiger charge is 2.30. The van der Waals surface area contributed by atoms with E-state index < -0.39 is 11.9 Å². The summed E-state index contributed by atoms with van der Waals surface area (Å²) in [7, 11) is 1.56. The van der Waals surface area contributed by atoms with Gasteiger partial charge in [-0.15, -0.1) is 5.10 Å². The number of carbonyl (C=O) groups excluding carboxylic acids is 2. The van der Waals surface area contributed by atoms with Crippen LogP contribution < -0.4 is 10.1 Å². The van der Waals surface area contributed by atoms with Gasteiger partial charge in [0.25, 0.3) is 0 Å². The smallest absolute Gasteiger partial charge is 0.247 e. The number of rotatable bonds is 9. The van der Waals surface area contributed by atoms with Crippen LogP contribution >= 0.6 is 0 Å². The molecular formula is C26H26FN5O3. The van der Waals surface area contributed by atoms with Gasteiger partial charge in [0.1, 0.15) is 29.7 Å². The molecule has 8 nitrogen and oxygen atoms in total. The summed E-state index contributed by atoms with van der Waals surface area (Å²) in [6.45, 7) is 1.61. The van der Waals surface area contributed by atoms with Crippen molar-refractivity contribution in [1.82, 2.24) is 19.9 Å². The van der Waals surface area contributed by atoms with Gasteiger partial charge in [0.15, 0.2) is 0 Å². The molecule has 1 atom stereocenters. The second-order valence-corrected chi connectivity index (χ2v) is 7.99. The number of benzene rings is 3. The third-order valence-corrected chi connectivity index (χ3v) is 5.75. The van der Waals surface area contributed by atoms with Gasteiger partial charge in [0, 0.05) is 17.8 Å². The first kappa shape index (κ1) is 23.9. The molecule has 0 aliphatic rings. The fourth-order valence-corrected chi connectivity index (χ4v) is 3.88. The summed E-state index contributed by atoms with van der Waals surface area (Å²) in [6, 6.07) is 19.6. The van der Waals surface area contributed by atoms with Crippen molar-refractivity contribution in [3.8, 4) is 5.75 Å². The SMILES string of the molecule is CCC(C(=O)Nc1ccc(OC)cc1)N(Cc1ccccc1F)C(=O)Cn1nnc2ccccc21. The van der Waals surface area contributed by atoms with E-state index in [-0.39, 0.29) is 24.9 Å². The maximum Gasteiger partial charge on any atom is 0.247 e. The number of para-hydroxylation sites is 1. The molecule has 4 aromatic rings. The third kappa shape index (κ3) is 5.46. The second-order valence-electron chi connectivity index (χ2n) is 7.99. The highest BCUT2D eigenvalue weighted by atomic mass is 19.1. The van der Waals surface area contributed by atoms with Gasteiger partial charge in [-0.05, 0) is 48.9 Å². The standard InChI is InChI=1S/C26H26FN5O3/c1-3-23(26(34)28-19-12-14-20(35-2)15-13-19)31(16-18-8-4-5-9-21(18)27)25(33)17-32-24-11-7-6-10-22(24)29-30-32/h4-15,23H,3,16-17H2,1-2H3,(H,28,34). The van der Waals surface area contributed by atoms with Crippen LogP contribution in [-0.2, 0) is 22.7 Å². The van der Waals surface area contributed by atoms with Gasteiger partial charge >= 0.3 is 0 Å². The number of carbonyl (C=O) groups is 2. The van der Waals surface area contributed by atoms with Crippen molar-refractivity contribution < 1.29 is 18.7 Å². The highest BCUT2D eigenvalue weighted by molar-refractivity contribution is 5.97. The monoisotopic (exact) mass is 475 g/mol. The molecule has 0 spiro atoms. The van der Waals surface area contributed by atoms with Crippen LogP contribution in [0, 0.1) is 5.82 Å². The van der Waals surface area contributed by atoms with Crippen molar-refractivity contribution >= 4 is 28.5 Å². The Hall–Kier alpha value is -4.27. The van der Waals surface area contributed by atoms with Crippen molar-refractivity contribution in [2.45, 2.75) is 32.5 Å². The van der Waals surface area contributed by atoms with Crippen LogP contribution in [-0.4, -0.2) is 44.9 Å². The number of anilines is 1. The minimum absolute atomic E-state index is 0.0628. The Balaban J connectivity index is 1.61. The topological polar surface area (TPSA) is 89.4 Å². The number of aromatic nitrogens is 3. The fourth-order valence-electron chi connectivity index (χ4n) is 3.88. The first-order valence-electron chi connectivity index (χ1n) is 11.3. The molecule has 1 N–H and O–H groups in total. The lowest BCUT2D eigenvalue weighted by Crippen LogP contribution is -2.48. The minimum Gasteiger partial charge on any atom is -0.497 e. The maximum absolute atomic E-state index is 14.5. The molecule has 0 aliphatic carbocycles. The van der Waals surface area contributed by atoms with E-state index in [9.17, 15) is 14.0 Å². The van der Waals surface area contributed by atoms with Crippen LogP contribution in [0.3, 0.4) is 0 Å². The number of hydrogen-bond acceptors (Lipinski definition) is 5. The van der Waals surface area contributed by atoms with E-state index in [1.165, 1.54) is 15.6 Å². The van der Waals surface area contributed by atoms with E-state index in [4.69, 9.17) is 4.74 Å². The molecule has 2 amide bonds. The average molecular weight is 476 g/mol. The van der Waals surface area contributed by atoms with Crippen molar-refractivity contribution in [2.24, 2.45) is 0 Å². The molecule has 35 heavy (non-hydrogen) atoms. The van der Waals surface area contributed by atoms with Crippen LogP contribution in [0.25, 0.3) is 11.0 Å². The predicted octanol–water partition coefficient (Wildman–Crippen LogP) is 4.03. The number of fused-ring (bicyclic) bond motifs is 1. The van der Waals surface area contributed by atoms with Crippen molar-refractivity contribution in [2.75, 3.05) is 12.4 Å². The Morgan fingerprint density at radius 1 is 1.06 bits per heavy atom. The zero-order chi connectivity index (χ0) is 24.8. The van der Waals surface area contributed by atoms with Crippen LogP contribution in [0.1, 0.15) is 18.9 Å². The maximum atomic E-state index is 14.5. The minimum atomic E-state index is -0.834. The van der Waals surface area contributed by atoms with E-state index in [1.54, 1.807) is 55.6 Å². The zero-order valence-electron chi connectivity index (χ0n) is 19.5. The Morgan fingerprint density at radius 2 is 1.77 bits per heavy atom. The molecule has 0 bridgehead atoms. The van der Waals surface area contributed by atoms with E-state index in [0.717, 1.165) is 0 Å². The van der Waals surface area contributed by atoms with E-state index in [1.807, 2.05) is 25.1 Å². The molecule has 0 saturated carbocycles. The van der Waals surface area contributed by atoms with E-state index in [0.29, 0.717) is 34.5 Å². The Morgan fingerprint density at radius 3 is 2.49 bits per heavy atom. The Kier molecular flexibility index (Phi) is 7.35. The van der Waals surface area contributed by atoms with Gasteiger partial charge in [0.2, 0.25) is 11.8 Å².